The standard InChI is InChI=1S/C15H26BrN3/c1-4-9-19(11-10-18(2)3)15(12-17)13-5-7-14(16)8-6-13/h5-8,15H,4,9-12,17H2,1-3H3. The van der Waals surface area contributed by atoms with Gasteiger partial charge in [-0.2, -0.15) is 0 Å². The highest BCUT2D eigenvalue weighted by molar-refractivity contribution is 9.10. The highest BCUT2D eigenvalue weighted by Gasteiger charge is 2.18. The van der Waals surface area contributed by atoms with Crippen LogP contribution in [-0.2, 0) is 0 Å². The third-order valence-electron chi connectivity index (χ3n) is 3.26. The first-order valence-electron chi connectivity index (χ1n) is 6.92. The summed E-state index contributed by atoms with van der Waals surface area (Å²) in [6.45, 7) is 6.09. The summed E-state index contributed by atoms with van der Waals surface area (Å²) >= 11 is 3.48. The summed E-state index contributed by atoms with van der Waals surface area (Å²) in [7, 11) is 4.22. The number of rotatable bonds is 8. The Morgan fingerprint density at radius 1 is 1.11 bits per heavy atom. The fourth-order valence-corrected chi connectivity index (χ4v) is 2.48. The van der Waals surface area contributed by atoms with Gasteiger partial charge in [0.05, 0.1) is 0 Å². The first kappa shape index (κ1) is 16.6. The number of halogens is 1. The predicted molar refractivity (Wildman–Crippen MR) is 86.4 cm³/mol. The number of nitrogens with two attached hydrogens (primary N) is 1. The van der Waals surface area contributed by atoms with Crippen molar-refractivity contribution in [3.63, 3.8) is 0 Å². The highest BCUT2D eigenvalue weighted by atomic mass is 79.9. The molecule has 0 radical (unpaired) electrons. The minimum absolute atomic E-state index is 0.313. The van der Waals surface area contributed by atoms with Crippen molar-refractivity contribution >= 4 is 15.9 Å². The van der Waals surface area contributed by atoms with Crippen LogP contribution in [-0.4, -0.2) is 50.1 Å². The smallest absolute Gasteiger partial charge is 0.0471 e. The second-order valence-electron chi connectivity index (χ2n) is 5.14. The summed E-state index contributed by atoms with van der Waals surface area (Å²) in [5.41, 5.74) is 7.32. The number of hydrogen-bond acceptors (Lipinski definition) is 3. The van der Waals surface area contributed by atoms with Crippen LogP contribution in [0.3, 0.4) is 0 Å². The predicted octanol–water partition coefficient (Wildman–Crippen LogP) is 2.72. The van der Waals surface area contributed by atoms with E-state index < -0.39 is 0 Å². The van der Waals surface area contributed by atoms with Gasteiger partial charge in [0.15, 0.2) is 0 Å². The van der Waals surface area contributed by atoms with Crippen LogP contribution < -0.4 is 5.73 Å². The zero-order valence-corrected chi connectivity index (χ0v) is 13.9. The van der Waals surface area contributed by atoms with E-state index in [1.165, 1.54) is 5.56 Å². The van der Waals surface area contributed by atoms with Crippen LogP contribution in [0.5, 0.6) is 0 Å². The molecule has 1 atom stereocenters. The third-order valence-corrected chi connectivity index (χ3v) is 3.79. The van der Waals surface area contributed by atoms with Gasteiger partial charge in [-0.15, -0.1) is 0 Å². The monoisotopic (exact) mass is 327 g/mol. The molecule has 0 saturated heterocycles. The van der Waals surface area contributed by atoms with Crippen molar-refractivity contribution in [1.82, 2.24) is 9.80 Å². The highest BCUT2D eigenvalue weighted by Crippen LogP contribution is 2.22. The van der Waals surface area contributed by atoms with Crippen molar-refractivity contribution in [3.05, 3.63) is 34.3 Å². The number of nitrogens with zero attached hydrogens (tertiary/aromatic N) is 2. The lowest BCUT2D eigenvalue weighted by molar-refractivity contribution is 0.182. The van der Waals surface area contributed by atoms with E-state index >= 15 is 0 Å². The lowest BCUT2D eigenvalue weighted by atomic mass is 10.1. The van der Waals surface area contributed by atoms with E-state index in [4.69, 9.17) is 5.73 Å². The maximum absolute atomic E-state index is 6.01. The molecule has 0 aliphatic carbocycles. The van der Waals surface area contributed by atoms with Crippen LogP contribution in [0.25, 0.3) is 0 Å². The van der Waals surface area contributed by atoms with E-state index in [9.17, 15) is 0 Å². The average Bonchev–Trinajstić information content (AvgIpc) is 2.38. The molecule has 4 heteroatoms. The maximum Gasteiger partial charge on any atom is 0.0471 e. The largest absolute Gasteiger partial charge is 0.329 e. The van der Waals surface area contributed by atoms with E-state index in [0.717, 1.165) is 30.5 Å². The van der Waals surface area contributed by atoms with Crippen LogP contribution in [0, 0.1) is 0 Å². The molecule has 3 nitrogen and oxygen atoms in total. The SMILES string of the molecule is CCCN(CCN(C)C)C(CN)c1ccc(Br)cc1. The van der Waals surface area contributed by atoms with Gasteiger partial charge in [0, 0.05) is 30.1 Å². The van der Waals surface area contributed by atoms with Crippen molar-refractivity contribution in [2.45, 2.75) is 19.4 Å². The Morgan fingerprint density at radius 3 is 2.21 bits per heavy atom. The van der Waals surface area contributed by atoms with E-state index in [2.05, 4.69) is 71.0 Å². The molecule has 0 amide bonds. The first-order chi connectivity index (χ1) is 9.08. The van der Waals surface area contributed by atoms with Gasteiger partial charge >= 0.3 is 0 Å². The lowest BCUT2D eigenvalue weighted by Gasteiger charge is -2.32. The van der Waals surface area contributed by atoms with Crippen LogP contribution in [0.15, 0.2) is 28.7 Å². The Kier molecular flexibility index (Phi) is 7.61. The quantitative estimate of drug-likeness (QED) is 0.796. The van der Waals surface area contributed by atoms with Crippen molar-refractivity contribution in [2.24, 2.45) is 5.73 Å². The Labute approximate surface area is 125 Å². The summed E-state index contributed by atoms with van der Waals surface area (Å²) in [5, 5.41) is 0. The zero-order valence-electron chi connectivity index (χ0n) is 12.3. The summed E-state index contributed by atoms with van der Waals surface area (Å²) in [6.07, 6.45) is 1.15. The summed E-state index contributed by atoms with van der Waals surface area (Å²) in [4.78, 5) is 4.71. The molecule has 108 valence electrons. The van der Waals surface area contributed by atoms with Crippen LogP contribution >= 0.6 is 15.9 Å². The second kappa shape index (κ2) is 8.69. The van der Waals surface area contributed by atoms with Gasteiger partial charge in [0.2, 0.25) is 0 Å². The summed E-state index contributed by atoms with van der Waals surface area (Å²) in [5.74, 6) is 0. The molecule has 19 heavy (non-hydrogen) atoms. The molecule has 1 rings (SSSR count). The van der Waals surface area contributed by atoms with Gasteiger partial charge in [0.25, 0.3) is 0 Å². The van der Waals surface area contributed by atoms with Crippen molar-refractivity contribution in [3.8, 4) is 0 Å². The molecule has 0 fully saturated rings. The Balaban J connectivity index is 2.79. The first-order valence-corrected chi connectivity index (χ1v) is 7.72. The molecule has 0 aliphatic heterocycles. The Hall–Kier alpha value is -0.420. The molecule has 0 spiro atoms. The van der Waals surface area contributed by atoms with E-state index in [1.54, 1.807) is 0 Å². The zero-order chi connectivity index (χ0) is 14.3. The van der Waals surface area contributed by atoms with Crippen molar-refractivity contribution in [1.29, 1.82) is 0 Å². The Morgan fingerprint density at radius 2 is 1.74 bits per heavy atom. The lowest BCUT2D eigenvalue weighted by Crippen LogP contribution is -2.38. The number of likely N-dealkylation sites (N-methyl/N-ethyl adjacent to an activating group) is 1. The second-order valence-corrected chi connectivity index (χ2v) is 6.06. The molecular formula is C15H26BrN3. The number of benzene rings is 1. The minimum atomic E-state index is 0.313. The van der Waals surface area contributed by atoms with Crippen LogP contribution in [0.4, 0.5) is 0 Å². The molecular weight excluding hydrogens is 302 g/mol. The van der Waals surface area contributed by atoms with E-state index in [1.807, 2.05) is 0 Å². The molecule has 2 N–H and O–H groups in total. The van der Waals surface area contributed by atoms with Gasteiger partial charge in [-0.25, -0.2) is 0 Å². The van der Waals surface area contributed by atoms with Gasteiger partial charge in [-0.05, 0) is 44.8 Å². The van der Waals surface area contributed by atoms with Gasteiger partial charge in [0.1, 0.15) is 0 Å². The van der Waals surface area contributed by atoms with Crippen molar-refractivity contribution < 1.29 is 0 Å². The summed E-state index contributed by atoms with van der Waals surface area (Å²) < 4.78 is 1.11. The van der Waals surface area contributed by atoms with Crippen LogP contribution in [0.2, 0.25) is 0 Å². The fourth-order valence-electron chi connectivity index (χ4n) is 2.22. The minimum Gasteiger partial charge on any atom is -0.329 e. The fraction of sp³-hybridized carbons (Fsp3) is 0.600. The van der Waals surface area contributed by atoms with Gasteiger partial charge in [-0.3, -0.25) is 4.90 Å². The van der Waals surface area contributed by atoms with Crippen molar-refractivity contribution in [2.75, 3.05) is 40.3 Å². The topological polar surface area (TPSA) is 32.5 Å². The van der Waals surface area contributed by atoms with E-state index in [-0.39, 0.29) is 0 Å². The Bertz CT molecular complexity index is 351. The molecule has 1 aromatic carbocycles. The van der Waals surface area contributed by atoms with Crippen LogP contribution in [0.1, 0.15) is 24.9 Å². The molecule has 0 aromatic heterocycles. The summed E-state index contributed by atoms with van der Waals surface area (Å²) in [6, 6.07) is 8.83. The van der Waals surface area contributed by atoms with Gasteiger partial charge < -0.3 is 10.6 Å². The molecule has 0 saturated carbocycles. The molecule has 1 aromatic rings. The molecule has 1 unspecified atom stereocenters. The maximum atomic E-state index is 6.01. The third kappa shape index (κ3) is 5.61. The average molecular weight is 328 g/mol. The molecule has 0 heterocycles. The molecule has 0 bridgehead atoms. The normalized spacial score (nSPS) is 13.2. The van der Waals surface area contributed by atoms with Gasteiger partial charge in [-0.1, -0.05) is 35.0 Å². The van der Waals surface area contributed by atoms with E-state index in [0.29, 0.717) is 12.6 Å². The number of hydrogen-bond donors (Lipinski definition) is 1. The molecule has 0 aliphatic rings.